The standard InChI is InChI=1S/C21H23FN2O2/c22-18-7-9-19(10-8-18)26-16-4-3-13-23-21(25)12-15-24-14-11-17-5-1-2-6-20(17)24/h1-2,5-11,14H,3-4,12-13,15-16H2,(H,23,25). The number of para-hydroxylation sites is 1. The van der Waals surface area contributed by atoms with E-state index in [1.165, 1.54) is 17.5 Å². The molecule has 0 unspecified atom stereocenters. The van der Waals surface area contributed by atoms with Crippen molar-refractivity contribution in [3.8, 4) is 5.75 Å². The number of carbonyl (C=O) groups excluding carboxylic acids is 1. The van der Waals surface area contributed by atoms with Gasteiger partial charge in [0.05, 0.1) is 6.61 Å². The van der Waals surface area contributed by atoms with Gasteiger partial charge in [0.2, 0.25) is 5.91 Å². The molecule has 0 aliphatic heterocycles. The van der Waals surface area contributed by atoms with E-state index in [0.29, 0.717) is 31.9 Å². The van der Waals surface area contributed by atoms with Gasteiger partial charge >= 0.3 is 0 Å². The number of nitrogens with one attached hydrogen (secondary N) is 1. The summed E-state index contributed by atoms with van der Waals surface area (Å²) in [4.78, 5) is 12.0. The summed E-state index contributed by atoms with van der Waals surface area (Å²) in [5.41, 5.74) is 1.15. The molecule has 0 bridgehead atoms. The first kappa shape index (κ1) is 18.0. The summed E-state index contributed by atoms with van der Waals surface area (Å²) in [7, 11) is 0. The van der Waals surface area contributed by atoms with Crippen LogP contribution in [-0.2, 0) is 11.3 Å². The topological polar surface area (TPSA) is 43.3 Å². The van der Waals surface area contributed by atoms with Gasteiger partial charge in [0.1, 0.15) is 11.6 Å². The molecule has 5 heteroatoms. The molecule has 0 saturated heterocycles. The fourth-order valence-electron chi connectivity index (χ4n) is 2.82. The highest BCUT2D eigenvalue weighted by Gasteiger charge is 2.04. The minimum absolute atomic E-state index is 0.0576. The molecule has 0 saturated carbocycles. The van der Waals surface area contributed by atoms with Crippen molar-refractivity contribution in [1.29, 1.82) is 0 Å². The molecule has 136 valence electrons. The number of hydrogen-bond acceptors (Lipinski definition) is 2. The molecule has 3 aromatic rings. The highest BCUT2D eigenvalue weighted by Crippen LogP contribution is 2.15. The van der Waals surface area contributed by atoms with E-state index < -0.39 is 0 Å². The van der Waals surface area contributed by atoms with Crippen LogP contribution in [0.4, 0.5) is 4.39 Å². The van der Waals surface area contributed by atoms with Gasteiger partial charge in [-0.05, 0) is 54.6 Å². The molecule has 0 fully saturated rings. The van der Waals surface area contributed by atoms with Crippen molar-refractivity contribution >= 4 is 16.8 Å². The number of carbonyl (C=O) groups is 1. The monoisotopic (exact) mass is 354 g/mol. The van der Waals surface area contributed by atoms with Gasteiger partial charge in [0.25, 0.3) is 0 Å². The lowest BCUT2D eigenvalue weighted by molar-refractivity contribution is -0.121. The quantitative estimate of drug-likeness (QED) is 0.587. The van der Waals surface area contributed by atoms with Crippen LogP contribution in [-0.4, -0.2) is 23.6 Å². The summed E-state index contributed by atoms with van der Waals surface area (Å²) < 4.78 is 20.4. The average molecular weight is 354 g/mol. The van der Waals surface area contributed by atoms with Gasteiger partial charge in [-0.25, -0.2) is 4.39 Å². The molecular weight excluding hydrogens is 331 g/mol. The van der Waals surface area contributed by atoms with Gasteiger partial charge in [0.15, 0.2) is 0 Å². The third-order valence-corrected chi connectivity index (χ3v) is 4.24. The summed E-state index contributed by atoms with van der Waals surface area (Å²) in [6.45, 7) is 1.86. The minimum Gasteiger partial charge on any atom is -0.494 e. The molecule has 0 aliphatic rings. The average Bonchev–Trinajstić information content (AvgIpc) is 3.07. The van der Waals surface area contributed by atoms with Crippen LogP contribution in [0, 0.1) is 5.82 Å². The second-order valence-corrected chi connectivity index (χ2v) is 6.18. The fraction of sp³-hybridized carbons (Fsp3) is 0.286. The molecule has 4 nitrogen and oxygen atoms in total. The fourth-order valence-corrected chi connectivity index (χ4v) is 2.82. The Balaban J connectivity index is 1.29. The van der Waals surface area contributed by atoms with E-state index in [-0.39, 0.29) is 11.7 Å². The number of ether oxygens (including phenoxy) is 1. The zero-order chi connectivity index (χ0) is 18.2. The normalized spacial score (nSPS) is 10.8. The summed E-state index contributed by atoms with van der Waals surface area (Å²) in [5.74, 6) is 0.449. The van der Waals surface area contributed by atoms with Crippen molar-refractivity contribution in [2.24, 2.45) is 0 Å². The number of rotatable bonds is 9. The van der Waals surface area contributed by atoms with E-state index in [0.717, 1.165) is 18.4 Å². The molecule has 1 N–H and O–H groups in total. The maximum atomic E-state index is 12.8. The number of halogens is 1. The predicted molar refractivity (Wildman–Crippen MR) is 101 cm³/mol. The smallest absolute Gasteiger partial charge is 0.221 e. The highest BCUT2D eigenvalue weighted by molar-refractivity contribution is 5.80. The van der Waals surface area contributed by atoms with E-state index in [2.05, 4.69) is 28.1 Å². The van der Waals surface area contributed by atoms with E-state index in [9.17, 15) is 9.18 Å². The number of amides is 1. The number of aryl methyl sites for hydroxylation is 1. The van der Waals surface area contributed by atoms with Gasteiger partial charge in [0, 0.05) is 31.2 Å². The van der Waals surface area contributed by atoms with E-state index in [1.54, 1.807) is 12.1 Å². The Bertz CT molecular complexity index is 843. The first-order valence-corrected chi connectivity index (χ1v) is 8.91. The summed E-state index contributed by atoms with van der Waals surface area (Å²) in [6, 6.07) is 16.2. The lowest BCUT2D eigenvalue weighted by Crippen LogP contribution is -2.25. The molecule has 0 atom stereocenters. The second kappa shape index (κ2) is 9.04. The van der Waals surface area contributed by atoms with Crippen molar-refractivity contribution < 1.29 is 13.9 Å². The zero-order valence-corrected chi connectivity index (χ0v) is 14.7. The number of nitrogens with zero attached hydrogens (tertiary/aromatic N) is 1. The van der Waals surface area contributed by atoms with Crippen molar-refractivity contribution in [3.05, 3.63) is 66.6 Å². The Hall–Kier alpha value is -2.82. The van der Waals surface area contributed by atoms with Gasteiger partial charge in [-0.1, -0.05) is 18.2 Å². The number of benzene rings is 2. The SMILES string of the molecule is O=C(CCn1ccc2ccccc21)NCCCCOc1ccc(F)cc1. The number of hydrogen-bond donors (Lipinski definition) is 1. The zero-order valence-electron chi connectivity index (χ0n) is 14.7. The Morgan fingerprint density at radius 1 is 1.04 bits per heavy atom. The summed E-state index contributed by atoms with van der Waals surface area (Å²) >= 11 is 0. The lowest BCUT2D eigenvalue weighted by atomic mass is 10.2. The summed E-state index contributed by atoms with van der Waals surface area (Å²) in [5, 5.41) is 4.13. The second-order valence-electron chi connectivity index (χ2n) is 6.18. The molecule has 1 aromatic heterocycles. The molecule has 0 radical (unpaired) electrons. The maximum Gasteiger partial charge on any atom is 0.221 e. The van der Waals surface area contributed by atoms with Gasteiger partial charge in [-0.2, -0.15) is 0 Å². The van der Waals surface area contributed by atoms with Crippen LogP contribution < -0.4 is 10.1 Å². The van der Waals surface area contributed by atoms with E-state index >= 15 is 0 Å². The highest BCUT2D eigenvalue weighted by atomic mass is 19.1. The molecule has 1 heterocycles. The molecule has 26 heavy (non-hydrogen) atoms. The molecule has 1 amide bonds. The number of aromatic nitrogens is 1. The van der Waals surface area contributed by atoms with Crippen LogP contribution >= 0.6 is 0 Å². The Labute approximate surface area is 152 Å². The van der Waals surface area contributed by atoms with Gasteiger partial charge in [-0.3, -0.25) is 4.79 Å². The van der Waals surface area contributed by atoms with Crippen molar-refractivity contribution in [2.75, 3.05) is 13.2 Å². The van der Waals surface area contributed by atoms with Crippen molar-refractivity contribution in [1.82, 2.24) is 9.88 Å². The van der Waals surface area contributed by atoms with E-state index in [1.807, 2.05) is 18.3 Å². The van der Waals surface area contributed by atoms with Crippen LogP contribution in [0.15, 0.2) is 60.8 Å². The van der Waals surface area contributed by atoms with Crippen LogP contribution in [0.3, 0.4) is 0 Å². The van der Waals surface area contributed by atoms with Crippen LogP contribution in [0.25, 0.3) is 10.9 Å². The van der Waals surface area contributed by atoms with Crippen molar-refractivity contribution in [2.45, 2.75) is 25.8 Å². The molecule has 3 rings (SSSR count). The van der Waals surface area contributed by atoms with Crippen molar-refractivity contribution in [3.63, 3.8) is 0 Å². The third-order valence-electron chi connectivity index (χ3n) is 4.24. The Morgan fingerprint density at radius 3 is 2.69 bits per heavy atom. The first-order valence-electron chi connectivity index (χ1n) is 8.91. The molecule has 0 aliphatic carbocycles. The van der Waals surface area contributed by atoms with E-state index in [4.69, 9.17) is 4.74 Å². The molecule has 2 aromatic carbocycles. The maximum absolute atomic E-state index is 12.8. The number of fused-ring (bicyclic) bond motifs is 1. The van der Waals surface area contributed by atoms with Crippen LogP contribution in [0.1, 0.15) is 19.3 Å². The lowest BCUT2D eigenvalue weighted by Gasteiger charge is -2.08. The van der Waals surface area contributed by atoms with Gasteiger partial charge in [-0.15, -0.1) is 0 Å². The largest absolute Gasteiger partial charge is 0.494 e. The van der Waals surface area contributed by atoms with Crippen LogP contribution in [0.5, 0.6) is 5.75 Å². The molecular formula is C21H23FN2O2. The minimum atomic E-state index is -0.270. The third kappa shape index (κ3) is 5.09. The number of unbranched alkanes of at least 4 members (excludes halogenated alkanes) is 1. The van der Waals surface area contributed by atoms with Crippen LogP contribution in [0.2, 0.25) is 0 Å². The summed E-state index contributed by atoms with van der Waals surface area (Å²) in [6.07, 6.45) is 4.16. The predicted octanol–water partition coefficient (Wildman–Crippen LogP) is 4.15. The first-order chi connectivity index (χ1) is 12.7. The Morgan fingerprint density at radius 2 is 1.85 bits per heavy atom. The molecule has 0 spiro atoms. The Kier molecular flexibility index (Phi) is 6.25. The van der Waals surface area contributed by atoms with Gasteiger partial charge < -0.3 is 14.6 Å².